The molecule has 1 aliphatic carbocycles. The number of rotatable bonds is 7. The van der Waals surface area contributed by atoms with Gasteiger partial charge in [0.05, 0.1) is 25.2 Å². The average molecular weight is 545 g/mol. The Morgan fingerprint density at radius 3 is 2.68 bits per heavy atom. The van der Waals surface area contributed by atoms with Crippen LogP contribution in [0, 0.1) is 11.7 Å². The number of hydrogen-bond donors (Lipinski definition) is 2. The summed E-state index contributed by atoms with van der Waals surface area (Å²) in [5.74, 6) is -2.88. The number of fused-ring (bicyclic) bond motifs is 3. The van der Waals surface area contributed by atoms with Crippen LogP contribution in [0.15, 0.2) is 41.9 Å². The first-order chi connectivity index (χ1) is 18.0. The Morgan fingerprint density at radius 2 is 1.97 bits per heavy atom. The zero-order valence-electron chi connectivity index (χ0n) is 21.0. The van der Waals surface area contributed by atoms with Crippen LogP contribution in [0.1, 0.15) is 37.1 Å². The molecular formula is C27H31F7N4. The first kappa shape index (κ1) is 27.1. The van der Waals surface area contributed by atoms with Crippen LogP contribution in [0.25, 0.3) is 10.9 Å². The quantitative estimate of drug-likeness (QED) is 0.427. The van der Waals surface area contributed by atoms with Crippen LogP contribution in [0.2, 0.25) is 0 Å². The second kappa shape index (κ2) is 10.6. The molecule has 38 heavy (non-hydrogen) atoms. The fraction of sp³-hybridized carbons (Fsp3) is 0.556. The molecule has 5 atom stereocenters. The van der Waals surface area contributed by atoms with Gasteiger partial charge in [0.1, 0.15) is 17.8 Å². The minimum absolute atomic E-state index is 0.0692. The molecule has 0 amide bonds. The van der Waals surface area contributed by atoms with E-state index in [0.29, 0.717) is 36.0 Å². The van der Waals surface area contributed by atoms with Crippen molar-refractivity contribution in [3.05, 3.63) is 58.9 Å². The SMILES string of the molecule is C[C@@H]1Cc2c([nH]c3cc(F)ccc23)[C@@H](C2C(F)=CC(N[C@H]3CCN(CCCF)C3)=CC2F)N1CC(F)(F)F. The summed E-state index contributed by atoms with van der Waals surface area (Å²) in [7, 11) is 0. The van der Waals surface area contributed by atoms with Gasteiger partial charge in [-0.2, -0.15) is 13.2 Å². The summed E-state index contributed by atoms with van der Waals surface area (Å²) in [4.78, 5) is 6.18. The van der Waals surface area contributed by atoms with Crippen molar-refractivity contribution in [3.63, 3.8) is 0 Å². The first-order valence-electron chi connectivity index (χ1n) is 12.9. The number of nitrogens with zero attached hydrogens (tertiary/aromatic N) is 2. The Bertz CT molecular complexity index is 1220. The fourth-order valence-electron chi connectivity index (χ4n) is 6.23. The maximum Gasteiger partial charge on any atom is 0.401 e. The number of benzene rings is 1. The molecule has 208 valence electrons. The molecule has 1 saturated heterocycles. The molecule has 5 rings (SSSR count). The van der Waals surface area contributed by atoms with E-state index in [2.05, 4.69) is 15.2 Å². The van der Waals surface area contributed by atoms with E-state index in [4.69, 9.17) is 0 Å². The van der Waals surface area contributed by atoms with E-state index in [0.717, 1.165) is 23.9 Å². The van der Waals surface area contributed by atoms with E-state index < -0.39 is 55.2 Å². The van der Waals surface area contributed by atoms with Gasteiger partial charge in [-0.1, -0.05) is 0 Å². The van der Waals surface area contributed by atoms with Gasteiger partial charge in [-0.3, -0.25) is 9.29 Å². The molecule has 3 aliphatic rings. The van der Waals surface area contributed by atoms with Gasteiger partial charge in [-0.05, 0) is 62.1 Å². The van der Waals surface area contributed by atoms with Crippen molar-refractivity contribution in [1.82, 2.24) is 20.1 Å². The van der Waals surface area contributed by atoms with E-state index in [-0.39, 0.29) is 23.9 Å². The minimum atomic E-state index is -4.58. The largest absolute Gasteiger partial charge is 0.401 e. The normalized spacial score (nSPS) is 28.9. The zero-order chi connectivity index (χ0) is 27.2. The highest BCUT2D eigenvalue weighted by Crippen LogP contribution is 2.47. The van der Waals surface area contributed by atoms with E-state index in [1.54, 1.807) is 13.0 Å². The smallest absolute Gasteiger partial charge is 0.381 e. The average Bonchev–Trinajstić information content (AvgIpc) is 3.41. The van der Waals surface area contributed by atoms with Gasteiger partial charge < -0.3 is 15.2 Å². The number of alkyl halides is 5. The Kier molecular flexibility index (Phi) is 7.52. The standard InChI is InChI=1S/C27H31F7N4/c1-15-9-20-19-4-3-16(29)10-23(19)36-25(20)26(38(15)14-27(32,33)34)24-21(30)11-18(12-22(24)31)35-17-5-8-37(13-17)7-2-6-28/h3-4,10-12,15,17,21,24,26,35-36H,2,5-9,13-14H2,1H3/t15-,17+,21?,24?,26-/m1/s1. The summed E-state index contributed by atoms with van der Waals surface area (Å²) < 4.78 is 98.7. The first-order valence-corrected chi connectivity index (χ1v) is 12.9. The molecule has 11 heteroatoms. The summed E-state index contributed by atoms with van der Waals surface area (Å²) >= 11 is 0. The van der Waals surface area contributed by atoms with Crippen LogP contribution in [0.3, 0.4) is 0 Å². The molecule has 0 radical (unpaired) electrons. The highest BCUT2D eigenvalue weighted by Gasteiger charge is 2.48. The molecule has 3 heterocycles. The van der Waals surface area contributed by atoms with Crippen molar-refractivity contribution >= 4 is 10.9 Å². The molecule has 2 aromatic rings. The zero-order valence-corrected chi connectivity index (χ0v) is 21.0. The molecule has 2 aliphatic heterocycles. The van der Waals surface area contributed by atoms with Crippen LogP contribution in [0.4, 0.5) is 30.7 Å². The molecule has 2 unspecified atom stereocenters. The van der Waals surface area contributed by atoms with Crippen molar-refractivity contribution in [1.29, 1.82) is 0 Å². The Hall–Kier alpha value is -2.53. The molecule has 0 bridgehead atoms. The number of allylic oxidation sites excluding steroid dienone is 2. The third-order valence-corrected chi connectivity index (χ3v) is 7.87. The molecular weight excluding hydrogens is 513 g/mol. The van der Waals surface area contributed by atoms with E-state index in [9.17, 15) is 22.0 Å². The third-order valence-electron chi connectivity index (χ3n) is 7.87. The molecule has 1 fully saturated rings. The van der Waals surface area contributed by atoms with Gasteiger partial charge in [0.2, 0.25) is 0 Å². The number of likely N-dealkylation sites (tertiary alicyclic amines) is 1. The molecule has 1 aromatic heterocycles. The van der Waals surface area contributed by atoms with Crippen LogP contribution < -0.4 is 5.32 Å². The maximum absolute atomic E-state index is 15.8. The molecule has 4 nitrogen and oxygen atoms in total. The number of H-pyrrole nitrogens is 1. The van der Waals surface area contributed by atoms with E-state index in [1.165, 1.54) is 18.2 Å². The van der Waals surface area contributed by atoms with Gasteiger partial charge in [-0.25, -0.2) is 13.2 Å². The summed E-state index contributed by atoms with van der Waals surface area (Å²) in [6.07, 6.45) is -2.70. The second-order valence-corrected chi connectivity index (χ2v) is 10.6. The number of nitrogens with one attached hydrogen (secondary N) is 2. The molecule has 0 spiro atoms. The van der Waals surface area contributed by atoms with Gasteiger partial charge in [0.15, 0.2) is 0 Å². The van der Waals surface area contributed by atoms with Crippen LogP contribution in [-0.2, 0) is 6.42 Å². The summed E-state index contributed by atoms with van der Waals surface area (Å²) in [5.41, 5.74) is 1.57. The van der Waals surface area contributed by atoms with Gasteiger partial charge in [-0.15, -0.1) is 0 Å². The summed E-state index contributed by atoms with van der Waals surface area (Å²) in [6.45, 7) is 1.84. The highest BCUT2D eigenvalue weighted by molar-refractivity contribution is 5.85. The number of halogens is 7. The van der Waals surface area contributed by atoms with Crippen molar-refractivity contribution in [2.75, 3.05) is 32.9 Å². The number of aromatic amines is 1. The topological polar surface area (TPSA) is 34.3 Å². The van der Waals surface area contributed by atoms with Crippen molar-refractivity contribution in [2.24, 2.45) is 5.92 Å². The lowest BCUT2D eigenvalue weighted by Gasteiger charge is -2.45. The lowest BCUT2D eigenvalue weighted by Crippen LogP contribution is -2.50. The summed E-state index contributed by atoms with van der Waals surface area (Å²) in [5, 5.41) is 3.78. The van der Waals surface area contributed by atoms with Crippen molar-refractivity contribution < 1.29 is 30.7 Å². The maximum atomic E-state index is 15.8. The predicted octanol–water partition coefficient (Wildman–Crippen LogP) is 5.89. The number of hydrogen-bond acceptors (Lipinski definition) is 3. The van der Waals surface area contributed by atoms with Crippen molar-refractivity contribution in [3.8, 4) is 0 Å². The highest BCUT2D eigenvalue weighted by atomic mass is 19.4. The third kappa shape index (κ3) is 5.45. The summed E-state index contributed by atoms with van der Waals surface area (Å²) in [6, 6.07) is 2.06. The van der Waals surface area contributed by atoms with E-state index in [1.807, 2.05) is 0 Å². The van der Waals surface area contributed by atoms with Crippen LogP contribution in [-0.4, -0.2) is 72.1 Å². The number of aromatic nitrogens is 1. The fourth-order valence-corrected chi connectivity index (χ4v) is 6.23. The van der Waals surface area contributed by atoms with Crippen LogP contribution in [0.5, 0.6) is 0 Å². The Labute approximate surface area is 216 Å². The van der Waals surface area contributed by atoms with Gasteiger partial charge >= 0.3 is 6.18 Å². The van der Waals surface area contributed by atoms with Crippen molar-refractivity contribution in [2.45, 2.75) is 56.7 Å². The minimum Gasteiger partial charge on any atom is -0.381 e. The lowest BCUT2D eigenvalue weighted by atomic mass is 9.80. The van der Waals surface area contributed by atoms with Gasteiger partial charge in [0.25, 0.3) is 0 Å². The molecule has 0 saturated carbocycles. The molecule has 2 N–H and O–H groups in total. The lowest BCUT2D eigenvalue weighted by molar-refractivity contribution is -0.161. The monoisotopic (exact) mass is 544 g/mol. The van der Waals surface area contributed by atoms with Crippen LogP contribution >= 0.6 is 0 Å². The Balaban J connectivity index is 1.45. The predicted molar refractivity (Wildman–Crippen MR) is 131 cm³/mol. The van der Waals surface area contributed by atoms with E-state index >= 15 is 8.78 Å². The van der Waals surface area contributed by atoms with Gasteiger partial charge in [0, 0.05) is 54.0 Å². The second-order valence-electron chi connectivity index (χ2n) is 10.6. The Morgan fingerprint density at radius 1 is 1.18 bits per heavy atom. The molecule has 1 aromatic carbocycles.